The number of benzene rings is 2. The number of amides is 1. The predicted molar refractivity (Wildman–Crippen MR) is 107 cm³/mol. The Kier molecular flexibility index (Phi) is 5.52. The van der Waals surface area contributed by atoms with Crippen LogP contribution in [0.25, 0.3) is 0 Å². The fourth-order valence-corrected chi connectivity index (χ4v) is 3.30. The maximum atomic E-state index is 12.9. The zero-order valence-electron chi connectivity index (χ0n) is 15.5. The predicted octanol–water partition coefficient (Wildman–Crippen LogP) is 4.56. The van der Waals surface area contributed by atoms with Crippen molar-refractivity contribution in [3.8, 4) is 17.2 Å². The van der Waals surface area contributed by atoms with Crippen molar-refractivity contribution in [2.75, 3.05) is 13.1 Å². The van der Waals surface area contributed by atoms with Crippen molar-refractivity contribution in [2.45, 2.75) is 18.9 Å². The molecule has 1 fully saturated rings. The van der Waals surface area contributed by atoms with Crippen LogP contribution >= 0.6 is 0 Å². The van der Waals surface area contributed by atoms with Crippen molar-refractivity contribution < 1.29 is 14.3 Å². The van der Waals surface area contributed by atoms with E-state index in [0.29, 0.717) is 17.9 Å². The van der Waals surface area contributed by atoms with Gasteiger partial charge in [0.2, 0.25) is 0 Å². The number of pyridine rings is 1. The monoisotopic (exact) mass is 374 g/mol. The van der Waals surface area contributed by atoms with Crippen LogP contribution in [0, 0.1) is 0 Å². The molecule has 1 aliphatic heterocycles. The van der Waals surface area contributed by atoms with Gasteiger partial charge in [-0.05, 0) is 61.4 Å². The largest absolute Gasteiger partial charge is 0.488 e. The molecule has 4 rings (SSSR count). The van der Waals surface area contributed by atoms with Crippen LogP contribution < -0.4 is 9.47 Å². The Morgan fingerprint density at radius 1 is 0.893 bits per heavy atom. The molecule has 0 radical (unpaired) electrons. The second kappa shape index (κ2) is 8.57. The van der Waals surface area contributed by atoms with E-state index in [2.05, 4.69) is 4.98 Å². The molecule has 0 saturated carbocycles. The average Bonchev–Trinajstić information content (AvgIpc) is 2.75. The Balaban J connectivity index is 1.38. The zero-order chi connectivity index (χ0) is 19.2. The Labute approximate surface area is 164 Å². The first-order valence-electron chi connectivity index (χ1n) is 9.47. The number of hydrogen-bond acceptors (Lipinski definition) is 4. The molecule has 0 bridgehead atoms. The van der Waals surface area contributed by atoms with Gasteiger partial charge in [0.05, 0.1) is 6.54 Å². The van der Waals surface area contributed by atoms with Crippen LogP contribution in [0.4, 0.5) is 0 Å². The first-order valence-corrected chi connectivity index (χ1v) is 9.47. The van der Waals surface area contributed by atoms with Crippen LogP contribution in [0.2, 0.25) is 0 Å². The summed E-state index contributed by atoms with van der Waals surface area (Å²) in [5.41, 5.74) is 0.657. The lowest BCUT2D eigenvalue weighted by Crippen LogP contribution is -2.44. The highest BCUT2D eigenvalue weighted by molar-refractivity contribution is 5.94. The summed E-state index contributed by atoms with van der Waals surface area (Å²) in [5, 5.41) is 0. The number of ether oxygens (including phenoxy) is 2. The molecular weight excluding hydrogens is 352 g/mol. The number of nitrogens with zero attached hydrogens (tertiary/aromatic N) is 2. The molecule has 0 N–H and O–H groups in total. The third kappa shape index (κ3) is 4.49. The smallest absolute Gasteiger partial charge is 0.253 e. The van der Waals surface area contributed by atoms with Crippen LogP contribution in [0.3, 0.4) is 0 Å². The quantitative estimate of drug-likeness (QED) is 0.657. The van der Waals surface area contributed by atoms with E-state index in [0.717, 1.165) is 30.9 Å². The molecule has 1 aromatic heterocycles. The van der Waals surface area contributed by atoms with Gasteiger partial charge in [-0.25, -0.2) is 0 Å². The topological polar surface area (TPSA) is 51.7 Å². The fraction of sp³-hybridized carbons (Fsp3) is 0.217. The third-order valence-electron chi connectivity index (χ3n) is 4.70. The van der Waals surface area contributed by atoms with Gasteiger partial charge in [-0.1, -0.05) is 18.2 Å². The van der Waals surface area contributed by atoms with Crippen molar-refractivity contribution in [2.24, 2.45) is 0 Å². The number of rotatable bonds is 5. The summed E-state index contributed by atoms with van der Waals surface area (Å²) in [6.07, 6.45) is 5.29. The molecule has 28 heavy (non-hydrogen) atoms. The van der Waals surface area contributed by atoms with Crippen LogP contribution in [0.1, 0.15) is 23.2 Å². The minimum absolute atomic E-state index is 0.000729. The number of aromatic nitrogens is 1. The molecule has 2 aromatic carbocycles. The summed E-state index contributed by atoms with van der Waals surface area (Å²) in [5.74, 6) is 2.29. The lowest BCUT2D eigenvalue weighted by Gasteiger charge is -2.33. The maximum Gasteiger partial charge on any atom is 0.253 e. The normalized spacial score (nSPS) is 16.4. The summed E-state index contributed by atoms with van der Waals surface area (Å²) in [6.45, 7) is 1.33. The van der Waals surface area contributed by atoms with E-state index in [1.54, 1.807) is 12.4 Å². The van der Waals surface area contributed by atoms with Gasteiger partial charge < -0.3 is 14.4 Å². The fourth-order valence-electron chi connectivity index (χ4n) is 3.30. The molecule has 1 saturated heterocycles. The van der Waals surface area contributed by atoms with Crippen molar-refractivity contribution in [1.82, 2.24) is 9.88 Å². The van der Waals surface area contributed by atoms with E-state index in [4.69, 9.17) is 9.47 Å². The second-order valence-corrected chi connectivity index (χ2v) is 6.76. The molecule has 1 atom stereocenters. The summed E-state index contributed by atoms with van der Waals surface area (Å²) in [6, 6.07) is 20.6. The Hall–Kier alpha value is -3.34. The van der Waals surface area contributed by atoms with Gasteiger partial charge in [0.1, 0.15) is 23.4 Å². The zero-order valence-corrected chi connectivity index (χ0v) is 15.5. The van der Waals surface area contributed by atoms with E-state index >= 15 is 0 Å². The van der Waals surface area contributed by atoms with Crippen molar-refractivity contribution in [3.63, 3.8) is 0 Å². The highest BCUT2D eigenvalue weighted by Gasteiger charge is 2.25. The Morgan fingerprint density at radius 2 is 1.61 bits per heavy atom. The van der Waals surface area contributed by atoms with Crippen LogP contribution in [0.15, 0.2) is 79.1 Å². The number of para-hydroxylation sites is 1. The maximum absolute atomic E-state index is 12.9. The number of carbonyl (C=O) groups is 1. The molecular formula is C23H22N2O3. The number of piperidine rings is 1. The van der Waals surface area contributed by atoms with Gasteiger partial charge in [0.25, 0.3) is 5.91 Å². The Morgan fingerprint density at radius 3 is 2.36 bits per heavy atom. The lowest BCUT2D eigenvalue weighted by molar-refractivity contribution is 0.0537. The van der Waals surface area contributed by atoms with E-state index < -0.39 is 0 Å². The van der Waals surface area contributed by atoms with E-state index in [1.807, 2.05) is 71.6 Å². The molecule has 3 aromatic rings. The van der Waals surface area contributed by atoms with E-state index in [-0.39, 0.29) is 12.0 Å². The highest BCUT2D eigenvalue weighted by atomic mass is 16.5. The molecule has 2 heterocycles. The van der Waals surface area contributed by atoms with Gasteiger partial charge in [-0.2, -0.15) is 0 Å². The average molecular weight is 374 g/mol. The molecule has 5 nitrogen and oxygen atoms in total. The van der Waals surface area contributed by atoms with Gasteiger partial charge >= 0.3 is 0 Å². The second-order valence-electron chi connectivity index (χ2n) is 6.76. The molecule has 142 valence electrons. The minimum atomic E-state index is 0.000729. The van der Waals surface area contributed by atoms with E-state index in [1.165, 1.54) is 0 Å². The summed E-state index contributed by atoms with van der Waals surface area (Å²) in [7, 11) is 0. The molecule has 1 amide bonds. The van der Waals surface area contributed by atoms with Gasteiger partial charge in [0, 0.05) is 24.5 Å². The van der Waals surface area contributed by atoms with Crippen LogP contribution in [-0.2, 0) is 0 Å². The molecule has 0 aliphatic carbocycles. The highest BCUT2D eigenvalue weighted by Crippen LogP contribution is 2.23. The van der Waals surface area contributed by atoms with Crippen molar-refractivity contribution in [1.29, 1.82) is 0 Å². The molecule has 1 aliphatic rings. The Bertz CT molecular complexity index is 898. The summed E-state index contributed by atoms with van der Waals surface area (Å²) in [4.78, 5) is 18.8. The van der Waals surface area contributed by atoms with Gasteiger partial charge in [0.15, 0.2) is 0 Å². The lowest BCUT2D eigenvalue weighted by atomic mass is 10.1. The van der Waals surface area contributed by atoms with Crippen molar-refractivity contribution >= 4 is 5.91 Å². The summed E-state index contributed by atoms with van der Waals surface area (Å²) < 4.78 is 11.8. The molecule has 1 unspecified atom stereocenters. The van der Waals surface area contributed by atoms with Crippen LogP contribution in [0.5, 0.6) is 17.2 Å². The van der Waals surface area contributed by atoms with Gasteiger partial charge in [-0.15, -0.1) is 0 Å². The number of hydrogen-bond donors (Lipinski definition) is 0. The minimum Gasteiger partial charge on any atom is -0.488 e. The van der Waals surface area contributed by atoms with Crippen molar-refractivity contribution in [3.05, 3.63) is 84.7 Å². The third-order valence-corrected chi connectivity index (χ3v) is 4.70. The van der Waals surface area contributed by atoms with Gasteiger partial charge in [-0.3, -0.25) is 9.78 Å². The molecule has 5 heteroatoms. The van der Waals surface area contributed by atoms with E-state index in [9.17, 15) is 4.79 Å². The molecule has 0 spiro atoms. The number of likely N-dealkylation sites (tertiary alicyclic amines) is 1. The first-order chi connectivity index (χ1) is 13.8. The number of carbonyl (C=O) groups excluding carboxylic acids is 1. The standard InChI is InChI=1S/C23H22N2O3/c26-23(18-8-10-20(11-9-18)27-19-5-2-1-3-6-19)25-16-4-7-22(17-25)28-21-12-14-24-15-13-21/h1-3,5-6,8-15,22H,4,7,16-17H2. The van der Waals surface area contributed by atoms with Crippen LogP contribution in [-0.4, -0.2) is 35.0 Å². The first kappa shape index (κ1) is 18.0. The SMILES string of the molecule is O=C(c1ccc(Oc2ccccc2)cc1)N1CCCC(Oc2ccncc2)C1. The summed E-state index contributed by atoms with van der Waals surface area (Å²) >= 11 is 0.